The number of carbonyl (C=O) groups excluding carboxylic acids is 2. The van der Waals surface area contributed by atoms with Gasteiger partial charge in [0.15, 0.2) is 11.5 Å². The van der Waals surface area contributed by atoms with Crippen LogP contribution in [0.25, 0.3) is 0 Å². The third-order valence-corrected chi connectivity index (χ3v) is 3.29. The first-order chi connectivity index (χ1) is 11.8. The second-order valence-electron chi connectivity index (χ2n) is 4.95. The quantitative estimate of drug-likeness (QED) is 0.570. The van der Waals surface area contributed by atoms with Crippen LogP contribution in [0.3, 0.4) is 0 Å². The zero-order chi connectivity index (χ0) is 18.5. The molecule has 25 heavy (non-hydrogen) atoms. The molecule has 0 bridgehead atoms. The normalized spacial score (nSPS) is 13.9. The fourth-order valence-corrected chi connectivity index (χ4v) is 2.06. The Balaban J connectivity index is 2.35. The highest BCUT2D eigenvalue weighted by Gasteiger charge is 2.67. The number of hydrogen-bond donors (Lipinski definition) is 2. The number of hydrogen-bond acceptors (Lipinski definition) is 5. The van der Waals surface area contributed by atoms with Crippen LogP contribution in [-0.4, -0.2) is 30.3 Å². The molecule has 0 saturated carbocycles. The van der Waals surface area contributed by atoms with Crippen LogP contribution in [-0.2, 0) is 16.1 Å². The van der Waals surface area contributed by atoms with Crippen molar-refractivity contribution in [3.8, 4) is 0 Å². The van der Waals surface area contributed by atoms with Gasteiger partial charge in [0, 0.05) is 0 Å². The molecule has 0 aliphatic rings. The van der Waals surface area contributed by atoms with Crippen LogP contribution in [0.1, 0.15) is 23.2 Å². The summed E-state index contributed by atoms with van der Waals surface area (Å²) in [6.07, 6.45) is -2.74. The van der Waals surface area contributed by atoms with Crippen LogP contribution < -0.4 is 10.6 Å². The van der Waals surface area contributed by atoms with E-state index in [0.717, 1.165) is 6.26 Å². The van der Waals surface area contributed by atoms with Crippen molar-refractivity contribution in [3.05, 3.63) is 48.3 Å². The molecule has 0 unspecified atom stereocenters. The number of quaternary nitrogens is 1. The van der Waals surface area contributed by atoms with Gasteiger partial charge in [0.05, 0.1) is 19.1 Å². The van der Waals surface area contributed by atoms with Gasteiger partial charge in [0.25, 0.3) is 5.91 Å². The number of nitrogens with two attached hydrogens (primary N) is 1. The predicted molar refractivity (Wildman–Crippen MR) is 75.9 cm³/mol. The highest BCUT2D eigenvalue weighted by molar-refractivity contribution is 5.95. The van der Waals surface area contributed by atoms with Gasteiger partial charge in [0.1, 0.15) is 6.54 Å². The molecule has 0 aromatic carbocycles. The molecule has 10 heteroatoms. The summed E-state index contributed by atoms with van der Waals surface area (Å²) in [6.45, 7) is 0.714. The minimum atomic E-state index is -5.14. The van der Waals surface area contributed by atoms with Gasteiger partial charge in [-0.1, -0.05) is 0 Å². The summed E-state index contributed by atoms with van der Waals surface area (Å²) in [5.41, 5.74) is -3.35. The number of alkyl halides is 3. The lowest BCUT2D eigenvalue weighted by molar-refractivity contribution is -0.758. The molecular weight excluding hydrogens is 345 g/mol. The number of ether oxygens (including phenoxy) is 1. The number of rotatable bonds is 7. The summed E-state index contributed by atoms with van der Waals surface area (Å²) in [4.78, 5) is 24.2. The van der Waals surface area contributed by atoms with Crippen LogP contribution in [0.4, 0.5) is 13.2 Å². The second kappa shape index (κ2) is 7.43. The molecular formula is C15H16F3N2O5+. The van der Waals surface area contributed by atoms with Gasteiger partial charge in [-0.15, -0.1) is 0 Å². The first-order valence-electron chi connectivity index (χ1n) is 7.27. The average Bonchev–Trinajstić information content (AvgIpc) is 3.23. The summed E-state index contributed by atoms with van der Waals surface area (Å²) in [7, 11) is 0. The Morgan fingerprint density at radius 1 is 1.20 bits per heavy atom. The van der Waals surface area contributed by atoms with Crippen molar-refractivity contribution in [1.29, 1.82) is 0 Å². The van der Waals surface area contributed by atoms with Gasteiger partial charge in [-0.25, -0.2) is 4.79 Å². The van der Waals surface area contributed by atoms with Crippen molar-refractivity contribution in [2.75, 3.05) is 6.61 Å². The van der Waals surface area contributed by atoms with Crippen LogP contribution in [0.2, 0.25) is 0 Å². The first kappa shape index (κ1) is 18.6. The van der Waals surface area contributed by atoms with E-state index in [1.54, 1.807) is 5.32 Å². The summed E-state index contributed by atoms with van der Waals surface area (Å²) in [5.74, 6) is -3.03. The maximum Gasteiger partial charge on any atom is 0.478 e. The lowest BCUT2D eigenvalue weighted by Crippen LogP contribution is -3.06. The lowest BCUT2D eigenvalue weighted by Gasteiger charge is -2.30. The number of esters is 1. The van der Waals surface area contributed by atoms with Gasteiger partial charge in [-0.2, -0.15) is 13.2 Å². The maximum atomic E-state index is 13.8. The van der Waals surface area contributed by atoms with E-state index in [9.17, 15) is 22.8 Å². The Kier molecular flexibility index (Phi) is 5.52. The number of carbonyl (C=O) groups is 2. The molecule has 0 aliphatic carbocycles. The SMILES string of the molecule is CCOC(=O)[C@@](NC(=O)c1ccco1)([NH2+]Cc1ccco1)C(F)(F)F. The average molecular weight is 361 g/mol. The van der Waals surface area contributed by atoms with E-state index in [2.05, 4.69) is 4.74 Å². The van der Waals surface area contributed by atoms with Crippen molar-refractivity contribution < 1.29 is 41.6 Å². The molecule has 2 aromatic rings. The molecule has 0 radical (unpaired) electrons. The van der Waals surface area contributed by atoms with Crippen molar-refractivity contribution in [3.63, 3.8) is 0 Å². The monoisotopic (exact) mass is 361 g/mol. The molecule has 0 saturated heterocycles. The highest BCUT2D eigenvalue weighted by atomic mass is 19.4. The van der Waals surface area contributed by atoms with Gasteiger partial charge in [-0.3, -0.25) is 10.1 Å². The number of halogens is 3. The van der Waals surface area contributed by atoms with Crippen LogP contribution >= 0.6 is 0 Å². The smallest absolute Gasteiger partial charge is 0.463 e. The molecule has 136 valence electrons. The van der Waals surface area contributed by atoms with Crippen LogP contribution in [0.15, 0.2) is 45.6 Å². The van der Waals surface area contributed by atoms with E-state index in [0.29, 0.717) is 5.32 Å². The second-order valence-corrected chi connectivity index (χ2v) is 4.95. The van der Waals surface area contributed by atoms with Crippen molar-refractivity contribution in [2.24, 2.45) is 0 Å². The van der Waals surface area contributed by atoms with E-state index in [-0.39, 0.29) is 24.7 Å². The van der Waals surface area contributed by atoms with E-state index in [1.807, 2.05) is 0 Å². The topological polar surface area (TPSA) is 98.3 Å². The molecule has 0 fully saturated rings. The zero-order valence-electron chi connectivity index (χ0n) is 13.1. The third kappa shape index (κ3) is 4.02. The fourth-order valence-electron chi connectivity index (χ4n) is 2.06. The Bertz CT molecular complexity index is 697. The van der Waals surface area contributed by atoms with Crippen molar-refractivity contribution >= 4 is 11.9 Å². The molecule has 2 aromatic heterocycles. The van der Waals surface area contributed by atoms with Crippen molar-refractivity contribution in [1.82, 2.24) is 5.32 Å². The van der Waals surface area contributed by atoms with E-state index < -0.39 is 23.7 Å². The Hall–Kier alpha value is -2.75. The van der Waals surface area contributed by atoms with E-state index in [4.69, 9.17) is 8.83 Å². The predicted octanol–water partition coefficient (Wildman–Crippen LogP) is 1.19. The molecule has 3 N–H and O–H groups in total. The molecule has 0 aliphatic heterocycles. The summed E-state index contributed by atoms with van der Waals surface area (Å²) < 4.78 is 55.6. The van der Waals surface area contributed by atoms with Crippen LogP contribution in [0.5, 0.6) is 0 Å². The number of nitrogens with one attached hydrogen (secondary N) is 1. The standard InChI is InChI=1S/C15H15F3N2O5/c1-2-23-13(22)14(15(16,17)18,19-9-10-5-3-7-24-10)20-12(21)11-6-4-8-25-11/h3-8,19H,2,9H2,1H3,(H,20,21)/p+1/t14-/m0/s1. The Morgan fingerprint density at radius 3 is 2.40 bits per heavy atom. The largest absolute Gasteiger partial charge is 0.478 e. The number of furan rings is 2. The maximum absolute atomic E-state index is 13.8. The van der Waals surface area contributed by atoms with Gasteiger partial charge in [-0.05, 0) is 31.2 Å². The molecule has 0 spiro atoms. The Labute approximate surface area is 140 Å². The summed E-state index contributed by atoms with van der Waals surface area (Å²) >= 11 is 0. The van der Waals surface area contributed by atoms with E-state index >= 15 is 0 Å². The third-order valence-electron chi connectivity index (χ3n) is 3.29. The van der Waals surface area contributed by atoms with Crippen LogP contribution in [0, 0.1) is 0 Å². The van der Waals surface area contributed by atoms with Crippen molar-refractivity contribution in [2.45, 2.75) is 25.3 Å². The first-order valence-corrected chi connectivity index (χ1v) is 7.27. The molecule has 7 nitrogen and oxygen atoms in total. The lowest BCUT2D eigenvalue weighted by atomic mass is 10.1. The molecule has 2 heterocycles. The van der Waals surface area contributed by atoms with Gasteiger partial charge >= 0.3 is 17.8 Å². The van der Waals surface area contributed by atoms with E-state index in [1.165, 1.54) is 37.5 Å². The summed E-state index contributed by atoms with van der Waals surface area (Å²) in [5, 5.41) is 2.29. The minimum Gasteiger partial charge on any atom is -0.463 e. The Morgan fingerprint density at radius 2 is 1.88 bits per heavy atom. The molecule has 2 rings (SSSR count). The van der Waals surface area contributed by atoms with Gasteiger partial charge in [0.2, 0.25) is 0 Å². The van der Waals surface area contributed by atoms with Gasteiger partial charge < -0.3 is 18.9 Å². The molecule has 1 atom stereocenters. The fraction of sp³-hybridized carbons (Fsp3) is 0.333. The molecule has 1 amide bonds. The zero-order valence-corrected chi connectivity index (χ0v) is 13.1. The highest BCUT2D eigenvalue weighted by Crippen LogP contribution is 2.27. The number of amides is 1. The minimum absolute atomic E-state index is 0.185. The summed E-state index contributed by atoms with van der Waals surface area (Å²) in [6, 6.07) is 5.44.